The molecule has 1 fully saturated rings. The summed E-state index contributed by atoms with van der Waals surface area (Å²) < 4.78 is 0.822. The monoisotopic (exact) mass is 276 g/mol. The molecular weight excluding hydrogens is 255 g/mol. The SMILES string of the molecule is CC1CC[CH]([Sn]([CH3])([CH3])[CH3])CC1=O. The van der Waals surface area contributed by atoms with Gasteiger partial charge in [-0.2, -0.15) is 0 Å². The van der Waals surface area contributed by atoms with Crippen LogP contribution in [-0.4, -0.2) is 24.2 Å². The van der Waals surface area contributed by atoms with E-state index >= 15 is 0 Å². The van der Waals surface area contributed by atoms with Crippen molar-refractivity contribution >= 4 is 24.2 Å². The second-order valence-electron chi connectivity index (χ2n) is 5.21. The maximum atomic E-state index is 11.5. The Kier molecular flexibility index (Phi) is 3.24. The van der Waals surface area contributed by atoms with E-state index in [0.29, 0.717) is 11.7 Å². The summed E-state index contributed by atoms with van der Waals surface area (Å²) in [5.41, 5.74) is 0. The van der Waals surface area contributed by atoms with E-state index in [-0.39, 0.29) is 0 Å². The molecule has 1 saturated carbocycles. The van der Waals surface area contributed by atoms with Crippen LogP contribution in [0.5, 0.6) is 0 Å². The molecule has 0 aliphatic heterocycles. The fourth-order valence-corrected chi connectivity index (χ4v) is 7.17. The third-order valence-electron chi connectivity index (χ3n) is 3.17. The molecule has 0 saturated heterocycles. The Morgan fingerprint density at radius 1 is 1.25 bits per heavy atom. The maximum absolute atomic E-state index is 11.5. The molecule has 2 unspecified atom stereocenters. The Morgan fingerprint density at radius 3 is 2.25 bits per heavy atom. The predicted octanol–water partition coefficient (Wildman–Crippen LogP) is 3.08. The summed E-state index contributed by atoms with van der Waals surface area (Å²) in [4.78, 5) is 18.8. The average Bonchev–Trinajstić information content (AvgIpc) is 1.92. The van der Waals surface area contributed by atoms with Gasteiger partial charge in [0.15, 0.2) is 0 Å². The van der Waals surface area contributed by atoms with Crippen LogP contribution in [0.4, 0.5) is 0 Å². The molecule has 0 N–H and O–H groups in total. The molecule has 0 aromatic carbocycles. The number of hydrogen-bond acceptors (Lipinski definition) is 1. The van der Waals surface area contributed by atoms with Crippen molar-refractivity contribution in [1.82, 2.24) is 0 Å². The quantitative estimate of drug-likeness (QED) is 0.672. The van der Waals surface area contributed by atoms with Crippen LogP contribution < -0.4 is 0 Å². The molecule has 0 aromatic rings. The average molecular weight is 275 g/mol. The summed E-state index contributed by atoms with van der Waals surface area (Å²) in [6.45, 7) is 2.08. The van der Waals surface area contributed by atoms with Gasteiger partial charge in [0.1, 0.15) is 0 Å². The van der Waals surface area contributed by atoms with Crippen molar-refractivity contribution in [2.75, 3.05) is 0 Å². The van der Waals surface area contributed by atoms with E-state index < -0.39 is 18.4 Å². The van der Waals surface area contributed by atoms with Crippen molar-refractivity contribution in [3.63, 3.8) is 0 Å². The minimum atomic E-state index is -1.75. The normalized spacial score (nSPS) is 32.2. The van der Waals surface area contributed by atoms with Gasteiger partial charge in [-0.25, -0.2) is 0 Å². The fraction of sp³-hybridized carbons (Fsp3) is 0.900. The molecule has 1 aliphatic carbocycles. The van der Waals surface area contributed by atoms with Crippen LogP contribution in [0, 0.1) is 5.92 Å². The third kappa shape index (κ3) is 2.48. The van der Waals surface area contributed by atoms with E-state index in [4.69, 9.17) is 0 Å². The second kappa shape index (κ2) is 3.68. The van der Waals surface area contributed by atoms with Crippen molar-refractivity contribution in [1.29, 1.82) is 0 Å². The molecule has 0 bridgehead atoms. The van der Waals surface area contributed by atoms with Crippen LogP contribution in [0.1, 0.15) is 26.2 Å². The Morgan fingerprint density at radius 2 is 1.83 bits per heavy atom. The minimum absolute atomic E-state index is 0.356. The van der Waals surface area contributed by atoms with Crippen molar-refractivity contribution in [3.8, 4) is 0 Å². The molecular formula is C10H20OSn. The first kappa shape index (κ1) is 10.5. The first-order valence-corrected chi connectivity index (χ1v) is 15.1. The standard InChI is InChI=1S/C7H11O.3CH3.Sn/c1-6-4-2-3-5-7(6)8;;;;/h3,6H,2,4-5H2,1H3;3*1H3;. The van der Waals surface area contributed by atoms with Crippen molar-refractivity contribution in [3.05, 3.63) is 0 Å². The Bertz CT molecular complexity index is 181. The molecule has 1 nitrogen and oxygen atoms in total. The first-order valence-electron chi connectivity index (χ1n) is 4.94. The van der Waals surface area contributed by atoms with Gasteiger partial charge in [-0.1, -0.05) is 0 Å². The van der Waals surface area contributed by atoms with E-state index in [1.165, 1.54) is 6.42 Å². The summed E-state index contributed by atoms with van der Waals surface area (Å²) in [5, 5.41) is 0. The summed E-state index contributed by atoms with van der Waals surface area (Å²) in [5.74, 6) is 0.882. The molecule has 70 valence electrons. The van der Waals surface area contributed by atoms with Crippen LogP contribution in [-0.2, 0) is 4.79 Å². The number of rotatable bonds is 1. The summed E-state index contributed by atoms with van der Waals surface area (Å²) in [6, 6.07) is 0. The number of carbonyl (C=O) groups excluding carboxylic acids is 1. The number of ketones is 1. The van der Waals surface area contributed by atoms with Gasteiger partial charge in [0.05, 0.1) is 0 Å². The van der Waals surface area contributed by atoms with Gasteiger partial charge in [0.2, 0.25) is 0 Å². The van der Waals surface area contributed by atoms with Gasteiger partial charge >= 0.3 is 79.8 Å². The number of Topliss-reactive ketones (excluding diaryl/α,β-unsaturated/α-hetero) is 1. The summed E-state index contributed by atoms with van der Waals surface area (Å²) in [6.07, 6.45) is 3.38. The van der Waals surface area contributed by atoms with Crippen LogP contribution in [0.2, 0.25) is 18.8 Å². The molecule has 0 spiro atoms. The van der Waals surface area contributed by atoms with Gasteiger partial charge in [-0.05, 0) is 0 Å². The fourth-order valence-electron chi connectivity index (χ4n) is 1.90. The van der Waals surface area contributed by atoms with Crippen LogP contribution in [0.25, 0.3) is 0 Å². The molecule has 0 heterocycles. The molecule has 0 aromatic heterocycles. The third-order valence-corrected chi connectivity index (χ3v) is 11.6. The number of carbonyl (C=O) groups is 1. The van der Waals surface area contributed by atoms with Crippen molar-refractivity contribution < 1.29 is 4.79 Å². The number of hydrogen-bond donors (Lipinski definition) is 0. The van der Waals surface area contributed by atoms with E-state index in [1.807, 2.05) is 0 Å². The summed E-state index contributed by atoms with van der Waals surface area (Å²) >= 11 is -1.75. The van der Waals surface area contributed by atoms with E-state index in [1.54, 1.807) is 0 Å². The van der Waals surface area contributed by atoms with Crippen LogP contribution in [0.3, 0.4) is 0 Å². The zero-order chi connectivity index (χ0) is 9.35. The van der Waals surface area contributed by atoms with E-state index in [0.717, 1.165) is 16.8 Å². The Balaban J connectivity index is 2.57. The second-order valence-corrected chi connectivity index (χ2v) is 21.0. The van der Waals surface area contributed by atoms with Gasteiger partial charge in [0.25, 0.3) is 0 Å². The zero-order valence-electron chi connectivity index (χ0n) is 8.68. The molecule has 2 heteroatoms. The summed E-state index contributed by atoms with van der Waals surface area (Å²) in [7, 11) is 0. The van der Waals surface area contributed by atoms with Crippen LogP contribution in [0.15, 0.2) is 0 Å². The van der Waals surface area contributed by atoms with Gasteiger partial charge < -0.3 is 0 Å². The predicted molar refractivity (Wildman–Crippen MR) is 55.1 cm³/mol. The van der Waals surface area contributed by atoms with Crippen molar-refractivity contribution in [2.45, 2.75) is 44.9 Å². The topological polar surface area (TPSA) is 17.1 Å². The molecule has 1 aliphatic rings. The molecule has 0 amide bonds. The zero-order valence-corrected chi connectivity index (χ0v) is 11.5. The molecule has 12 heavy (non-hydrogen) atoms. The van der Waals surface area contributed by atoms with E-state index in [2.05, 4.69) is 21.7 Å². The van der Waals surface area contributed by atoms with Gasteiger partial charge in [-0.3, -0.25) is 0 Å². The van der Waals surface area contributed by atoms with Crippen LogP contribution >= 0.6 is 0 Å². The van der Waals surface area contributed by atoms with Crippen molar-refractivity contribution in [2.24, 2.45) is 5.92 Å². The van der Waals surface area contributed by atoms with Gasteiger partial charge in [-0.15, -0.1) is 0 Å². The molecule has 2 atom stereocenters. The Labute approximate surface area is 79.8 Å². The van der Waals surface area contributed by atoms with Gasteiger partial charge in [0, 0.05) is 0 Å². The molecule has 0 radical (unpaired) electrons. The first-order chi connectivity index (χ1) is 5.41. The molecule has 1 rings (SSSR count). The van der Waals surface area contributed by atoms with E-state index in [9.17, 15) is 4.79 Å². The Hall–Kier alpha value is 0.469.